The lowest BCUT2D eigenvalue weighted by Crippen LogP contribution is -2.59. The van der Waals surface area contributed by atoms with Crippen LogP contribution in [0.1, 0.15) is 12.5 Å². The van der Waals surface area contributed by atoms with E-state index >= 15 is 0 Å². The van der Waals surface area contributed by atoms with Gasteiger partial charge in [-0.2, -0.15) is 0 Å². The van der Waals surface area contributed by atoms with Gasteiger partial charge >= 0.3 is 6.09 Å². The highest BCUT2D eigenvalue weighted by molar-refractivity contribution is 7.92. The molecule has 0 saturated carbocycles. The predicted molar refractivity (Wildman–Crippen MR) is 84.5 cm³/mol. The van der Waals surface area contributed by atoms with Gasteiger partial charge in [-0.25, -0.2) is 13.2 Å². The zero-order valence-electron chi connectivity index (χ0n) is 12.9. The molecule has 2 rings (SSSR count). The van der Waals surface area contributed by atoms with E-state index in [1.807, 2.05) is 30.3 Å². The van der Waals surface area contributed by atoms with Crippen molar-refractivity contribution in [2.24, 2.45) is 0 Å². The Hall–Kier alpha value is -2.09. The molecule has 1 aromatic carbocycles. The minimum Gasteiger partial charge on any atom is -0.445 e. The van der Waals surface area contributed by atoms with Gasteiger partial charge in [0.2, 0.25) is 5.91 Å². The van der Waals surface area contributed by atoms with Crippen molar-refractivity contribution in [1.29, 1.82) is 0 Å². The van der Waals surface area contributed by atoms with Gasteiger partial charge < -0.3 is 15.0 Å². The van der Waals surface area contributed by atoms with Crippen LogP contribution in [0.5, 0.6) is 0 Å². The van der Waals surface area contributed by atoms with Crippen LogP contribution in [-0.4, -0.2) is 56.0 Å². The molecule has 0 atom stereocenters. The maximum atomic E-state index is 11.8. The fourth-order valence-electron chi connectivity index (χ4n) is 2.14. The van der Waals surface area contributed by atoms with Gasteiger partial charge in [0, 0.05) is 18.8 Å². The number of likely N-dealkylation sites (tertiary alicyclic amines) is 1. The molecular weight excluding hydrogens is 320 g/mol. The van der Waals surface area contributed by atoms with Crippen molar-refractivity contribution in [2.45, 2.75) is 18.8 Å². The summed E-state index contributed by atoms with van der Waals surface area (Å²) >= 11 is 0. The van der Waals surface area contributed by atoms with E-state index in [1.165, 1.54) is 4.90 Å². The summed E-state index contributed by atoms with van der Waals surface area (Å²) in [5, 5.41) is 1.88. The van der Waals surface area contributed by atoms with Gasteiger partial charge in [-0.05, 0) is 5.56 Å². The van der Waals surface area contributed by atoms with E-state index in [0.717, 1.165) is 5.56 Å². The maximum Gasteiger partial charge on any atom is 0.407 e. The summed E-state index contributed by atoms with van der Waals surface area (Å²) in [4.78, 5) is 24.8. The SMILES string of the molecule is CCS(=O)(=O)C1CN(C(=O)CNC(=O)OCc2ccccc2)C1. The molecule has 0 unspecified atom stereocenters. The van der Waals surface area contributed by atoms with E-state index in [2.05, 4.69) is 5.32 Å². The van der Waals surface area contributed by atoms with Gasteiger partial charge in [0.25, 0.3) is 0 Å². The number of rotatable bonds is 6. The molecule has 1 fully saturated rings. The second-order valence-corrected chi connectivity index (χ2v) is 7.86. The molecule has 1 aliphatic heterocycles. The fraction of sp³-hybridized carbons (Fsp3) is 0.467. The topological polar surface area (TPSA) is 92.8 Å². The molecule has 1 saturated heterocycles. The molecule has 8 heteroatoms. The van der Waals surface area contributed by atoms with Crippen LogP contribution in [0.15, 0.2) is 30.3 Å². The van der Waals surface area contributed by atoms with Crippen LogP contribution in [0.3, 0.4) is 0 Å². The number of carbonyl (C=O) groups excluding carboxylic acids is 2. The summed E-state index contributed by atoms with van der Waals surface area (Å²) in [6.45, 7) is 1.89. The van der Waals surface area contributed by atoms with Crippen LogP contribution in [0.4, 0.5) is 4.79 Å². The van der Waals surface area contributed by atoms with Gasteiger partial charge in [0.05, 0.1) is 5.25 Å². The lowest BCUT2D eigenvalue weighted by Gasteiger charge is -2.38. The lowest BCUT2D eigenvalue weighted by atomic mass is 10.2. The number of alkyl carbamates (subject to hydrolysis) is 1. The first-order chi connectivity index (χ1) is 10.9. The maximum absolute atomic E-state index is 11.8. The first-order valence-corrected chi connectivity index (χ1v) is 9.08. The Kier molecular flexibility index (Phi) is 5.59. The number of hydrogen-bond donors (Lipinski definition) is 1. The molecule has 0 aliphatic carbocycles. The third kappa shape index (κ3) is 4.69. The standard InChI is InChI=1S/C15H20N2O5S/c1-2-23(20,21)13-9-17(10-13)14(18)8-16-15(19)22-11-12-6-4-3-5-7-12/h3-7,13H,2,8-11H2,1H3,(H,16,19). The highest BCUT2D eigenvalue weighted by atomic mass is 32.2. The molecular formula is C15H20N2O5S. The van der Waals surface area contributed by atoms with Crippen molar-refractivity contribution in [1.82, 2.24) is 10.2 Å². The average Bonchev–Trinajstić information content (AvgIpc) is 2.50. The molecule has 0 radical (unpaired) electrons. The van der Waals surface area contributed by atoms with Crippen LogP contribution in [-0.2, 0) is 26.0 Å². The Morgan fingerprint density at radius 1 is 1.26 bits per heavy atom. The Morgan fingerprint density at radius 2 is 1.91 bits per heavy atom. The Labute approximate surface area is 135 Å². The molecule has 1 aromatic rings. The monoisotopic (exact) mass is 340 g/mol. The number of nitrogens with zero attached hydrogens (tertiary/aromatic N) is 1. The first-order valence-electron chi connectivity index (χ1n) is 7.36. The number of nitrogens with one attached hydrogen (secondary N) is 1. The van der Waals surface area contributed by atoms with E-state index in [0.29, 0.717) is 0 Å². The van der Waals surface area contributed by atoms with Gasteiger partial charge in [0.1, 0.15) is 13.2 Å². The summed E-state index contributed by atoms with van der Waals surface area (Å²) in [6.07, 6.45) is -0.680. The van der Waals surface area contributed by atoms with Crippen molar-refractivity contribution < 1.29 is 22.7 Å². The first kappa shape index (κ1) is 17.3. The highest BCUT2D eigenvalue weighted by Gasteiger charge is 2.38. The molecule has 126 valence electrons. The van der Waals surface area contributed by atoms with Crippen molar-refractivity contribution in [3.8, 4) is 0 Å². The smallest absolute Gasteiger partial charge is 0.407 e. The number of sulfone groups is 1. The summed E-state index contributed by atoms with van der Waals surface area (Å²) in [5.74, 6) is -0.242. The fourth-order valence-corrected chi connectivity index (χ4v) is 3.42. The molecule has 1 heterocycles. The second kappa shape index (κ2) is 7.45. The minimum atomic E-state index is -3.10. The molecule has 0 aromatic heterocycles. The molecule has 0 spiro atoms. The van der Waals surface area contributed by atoms with E-state index < -0.39 is 21.2 Å². The zero-order valence-corrected chi connectivity index (χ0v) is 13.7. The molecule has 1 N–H and O–H groups in total. The van der Waals surface area contributed by atoms with Crippen LogP contribution in [0, 0.1) is 0 Å². The second-order valence-electron chi connectivity index (χ2n) is 5.29. The van der Waals surface area contributed by atoms with Crippen LogP contribution >= 0.6 is 0 Å². The van der Waals surface area contributed by atoms with Gasteiger partial charge in [-0.1, -0.05) is 37.3 Å². The summed E-state index contributed by atoms with van der Waals surface area (Å²) < 4.78 is 28.2. The van der Waals surface area contributed by atoms with Crippen molar-refractivity contribution in [3.63, 3.8) is 0 Å². The molecule has 7 nitrogen and oxygen atoms in total. The van der Waals surface area contributed by atoms with Gasteiger partial charge in [0.15, 0.2) is 9.84 Å². The zero-order chi connectivity index (χ0) is 16.9. The average molecular weight is 340 g/mol. The number of hydrogen-bond acceptors (Lipinski definition) is 5. The largest absolute Gasteiger partial charge is 0.445 e. The molecule has 23 heavy (non-hydrogen) atoms. The summed E-state index contributed by atoms with van der Waals surface area (Å²) in [6, 6.07) is 9.19. The molecule has 2 amide bonds. The third-order valence-corrected chi connectivity index (χ3v) is 5.83. The van der Waals surface area contributed by atoms with Crippen LogP contribution in [0.2, 0.25) is 0 Å². The number of carbonyl (C=O) groups is 2. The highest BCUT2D eigenvalue weighted by Crippen LogP contribution is 2.16. The van der Waals surface area contributed by atoms with Gasteiger partial charge in [-0.3, -0.25) is 4.79 Å². The van der Waals surface area contributed by atoms with E-state index in [4.69, 9.17) is 4.74 Å². The van der Waals surface area contributed by atoms with E-state index in [9.17, 15) is 18.0 Å². The number of amides is 2. The third-order valence-electron chi connectivity index (χ3n) is 3.71. The molecule has 0 bridgehead atoms. The van der Waals surface area contributed by atoms with Crippen LogP contribution in [0.25, 0.3) is 0 Å². The Bertz CT molecular complexity index is 654. The summed E-state index contributed by atoms with van der Waals surface area (Å²) in [5.41, 5.74) is 0.851. The number of benzene rings is 1. The normalized spacial score (nSPS) is 14.9. The van der Waals surface area contributed by atoms with Gasteiger partial charge in [-0.15, -0.1) is 0 Å². The van der Waals surface area contributed by atoms with Crippen LogP contribution < -0.4 is 5.32 Å². The van der Waals surface area contributed by atoms with E-state index in [1.54, 1.807) is 6.92 Å². The Morgan fingerprint density at radius 3 is 2.52 bits per heavy atom. The molecule has 1 aliphatic rings. The minimum absolute atomic E-state index is 0.0732. The number of ether oxygens (including phenoxy) is 1. The summed E-state index contributed by atoms with van der Waals surface area (Å²) in [7, 11) is -3.10. The predicted octanol–water partition coefficient (Wildman–Crippen LogP) is 0.558. The lowest BCUT2D eigenvalue weighted by molar-refractivity contribution is -0.133. The quantitative estimate of drug-likeness (QED) is 0.817. The van der Waals surface area contributed by atoms with Crippen molar-refractivity contribution in [2.75, 3.05) is 25.4 Å². The Balaban J connectivity index is 1.66. The van der Waals surface area contributed by atoms with Crippen molar-refractivity contribution >= 4 is 21.8 Å². The van der Waals surface area contributed by atoms with E-state index in [-0.39, 0.29) is 37.9 Å². The van der Waals surface area contributed by atoms with Crippen molar-refractivity contribution in [3.05, 3.63) is 35.9 Å².